The fraction of sp³-hybridized carbons (Fsp3) is 0.133. The highest BCUT2D eigenvalue weighted by Gasteiger charge is 2.09. The van der Waals surface area contributed by atoms with Crippen molar-refractivity contribution in [1.82, 2.24) is 9.97 Å². The van der Waals surface area contributed by atoms with Crippen molar-refractivity contribution in [3.05, 3.63) is 47.1 Å². The van der Waals surface area contributed by atoms with E-state index in [1.165, 1.54) is 11.2 Å². The van der Waals surface area contributed by atoms with Crippen molar-refractivity contribution in [2.45, 2.75) is 13.3 Å². The molecule has 0 spiro atoms. The number of aryl methyl sites for hydroxylation is 1. The van der Waals surface area contributed by atoms with Gasteiger partial charge in [0.25, 0.3) is 0 Å². The van der Waals surface area contributed by atoms with Crippen LogP contribution in [0.2, 0.25) is 0 Å². The first-order valence-electron chi connectivity index (χ1n) is 6.21. The monoisotopic (exact) mass is 281 g/mol. The zero-order chi connectivity index (χ0) is 13.9. The third-order valence-corrected chi connectivity index (χ3v) is 4.08. The number of aromatic nitrogens is 2. The van der Waals surface area contributed by atoms with Crippen LogP contribution in [0.5, 0.6) is 11.6 Å². The van der Waals surface area contributed by atoms with Crippen LogP contribution >= 0.6 is 11.3 Å². The minimum atomic E-state index is 0.552. The van der Waals surface area contributed by atoms with Crippen LogP contribution in [0.15, 0.2) is 36.7 Å². The second-order valence-corrected chi connectivity index (χ2v) is 5.32. The summed E-state index contributed by atoms with van der Waals surface area (Å²) in [5.41, 5.74) is 0.606. The van der Waals surface area contributed by atoms with Crippen molar-refractivity contribution in [2.24, 2.45) is 0 Å². The molecule has 0 fully saturated rings. The maximum Gasteiger partial charge on any atom is 0.231 e. The molecule has 0 aliphatic heterocycles. The van der Waals surface area contributed by atoms with Crippen molar-refractivity contribution in [3.8, 4) is 17.7 Å². The van der Waals surface area contributed by atoms with Gasteiger partial charge < -0.3 is 4.74 Å². The molecule has 3 aromatic rings. The first kappa shape index (κ1) is 12.6. The van der Waals surface area contributed by atoms with Gasteiger partial charge in [0, 0.05) is 4.88 Å². The van der Waals surface area contributed by atoms with E-state index in [-0.39, 0.29) is 0 Å². The molecule has 1 aromatic carbocycles. The lowest BCUT2D eigenvalue weighted by molar-refractivity contribution is 0.468. The lowest BCUT2D eigenvalue weighted by atomic mass is 10.2. The molecule has 98 valence electrons. The molecule has 4 nitrogen and oxygen atoms in total. The van der Waals surface area contributed by atoms with Crippen LogP contribution < -0.4 is 4.74 Å². The van der Waals surface area contributed by atoms with Crippen molar-refractivity contribution < 1.29 is 4.74 Å². The highest BCUT2D eigenvalue weighted by Crippen LogP contribution is 2.32. The van der Waals surface area contributed by atoms with Crippen molar-refractivity contribution in [1.29, 1.82) is 5.26 Å². The third-order valence-electron chi connectivity index (χ3n) is 2.89. The van der Waals surface area contributed by atoms with Gasteiger partial charge in [0.15, 0.2) is 0 Å². The van der Waals surface area contributed by atoms with Crippen LogP contribution in [-0.4, -0.2) is 9.97 Å². The zero-order valence-corrected chi connectivity index (χ0v) is 11.6. The molecular formula is C15H11N3OS. The van der Waals surface area contributed by atoms with Gasteiger partial charge in [0.2, 0.25) is 5.88 Å². The van der Waals surface area contributed by atoms with E-state index in [1.54, 1.807) is 35.6 Å². The predicted octanol–water partition coefficient (Wildman–Crippen LogP) is 3.92. The van der Waals surface area contributed by atoms with Crippen molar-refractivity contribution >= 4 is 21.6 Å². The van der Waals surface area contributed by atoms with E-state index >= 15 is 0 Å². The molecule has 3 rings (SSSR count). The summed E-state index contributed by atoms with van der Waals surface area (Å²) in [5, 5.41) is 9.71. The number of benzene rings is 1. The van der Waals surface area contributed by atoms with Gasteiger partial charge in [0.1, 0.15) is 16.9 Å². The van der Waals surface area contributed by atoms with Gasteiger partial charge in [0.05, 0.1) is 17.0 Å². The number of rotatable bonds is 3. The second kappa shape index (κ2) is 5.27. The minimum absolute atomic E-state index is 0.552. The number of thiophene rings is 1. The Morgan fingerprint density at radius 1 is 1.25 bits per heavy atom. The van der Waals surface area contributed by atoms with E-state index in [0.717, 1.165) is 16.6 Å². The summed E-state index contributed by atoms with van der Waals surface area (Å²) in [4.78, 5) is 10.7. The number of hydrogen-bond donors (Lipinski definition) is 0. The van der Waals surface area contributed by atoms with Gasteiger partial charge in [-0.2, -0.15) is 5.26 Å². The number of fused-ring (bicyclic) bond motifs is 1. The maximum absolute atomic E-state index is 8.78. The first-order valence-corrected chi connectivity index (χ1v) is 7.03. The SMILES string of the molecule is CCc1cc2c(Oc3ccc(C#N)cc3)ncnc2s1. The van der Waals surface area contributed by atoms with Crippen LogP contribution in [-0.2, 0) is 6.42 Å². The number of ether oxygens (including phenoxy) is 1. The highest BCUT2D eigenvalue weighted by molar-refractivity contribution is 7.18. The Hall–Kier alpha value is -2.45. The van der Waals surface area contributed by atoms with E-state index in [1.807, 2.05) is 0 Å². The Bertz CT molecular complexity index is 787. The van der Waals surface area contributed by atoms with Crippen LogP contribution in [0.1, 0.15) is 17.4 Å². The standard InChI is InChI=1S/C15H11N3OS/c1-2-12-7-13-14(17-9-18-15(13)20-12)19-11-5-3-10(8-16)4-6-11/h3-7,9H,2H2,1H3. The third kappa shape index (κ3) is 2.33. The highest BCUT2D eigenvalue weighted by atomic mass is 32.1. The average molecular weight is 281 g/mol. The summed E-state index contributed by atoms with van der Waals surface area (Å²) in [5.74, 6) is 1.21. The number of nitriles is 1. The Morgan fingerprint density at radius 2 is 2.05 bits per heavy atom. The number of nitrogens with zero attached hydrogens (tertiary/aromatic N) is 3. The molecule has 0 aliphatic carbocycles. The van der Waals surface area contributed by atoms with E-state index in [4.69, 9.17) is 10.00 Å². The summed E-state index contributed by atoms with van der Waals surface area (Å²) >= 11 is 1.65. The van der Waals surface area contributed by atoms with Crippen molar-refractivity contribution in [2.75, 3.05) is 0 Å². The first-order chi connectivity index (χ1) is 9.80. The van der Waals surface area contributed by atoms with Crippen LogP contribution in [0.4, 0.5) is 0 Å². The maximum atomic E-state index is 8.78. The molecule has 2 aromatic heterocycles. The zero-order valence-electron chi connectivity index (χ0n) is 10.8. The van der Waals surface area contributed by atoms with Gasteiger partial charge in [-0.3, -0.25) is 0 Å². The lowest BCUT2D eigenvalue weighted by Crippen LogP contribution is -1.89. The predicted molar refractivity (Wildman–Crippen MR) is 78.0 cm³/mol. The minimum Gasteiger partial charge on any atom is -0.438 e. The van der Waals surface area contributed by atoms with Gasteiger partial charge in [-0.1, -0.05) is 6.92 Å². The second-order valence-electron chi connectivity index (χ2n) is 4.20. The Morgan fingerprint density at radius 3 is 2.75 bits per heavy atom. The molecule has 0 saturated heterocycles. The molecule has 0 radical (unpaired) electrons. The van der Waals surface area contributed by atoms with Crippen LogP contribution in [0.3, 0.4) is 0 Å². The normalized spacial score (nSPS) is 10.4. The van der Waals surface area contributed by atoms with Gasteiger partial charge >= 0.3 is 0 Å². The quantitative estimate of drug-likeness (QED) is 0.730. The topological polar surface area (TPSA) is 58.8 Å². The number of hydrogen-bond acceptors (Lipinski definition) is 5. The molecule has 0 saturated carbocycles. The van der Waals surface area contributed by atoms with E-state index < -0.39 is 0 Å². The molecule has 5 heteroatoms. The smallest absolute Gasteiger partial charge is 0.231 e. The van der Waals surface area contributed by atoms with E-state index in [9.17, 15) is 0 Å². The molecule has 0 N–H and O–H groups in total. The fourth-order valence-corrected chi connectivity index (χ4v) is 2.77. The molecular weight excluding hydrogens is 270 g/mol. The lowest BCUT2D eigenvalue weighted by Gasteiger charge is -2.04. The van der Waals surface area contributed by atoms with Crippen LogP contribution in [0.25, 0.3) is 10.2 Å². The molecule has 0 unspecified atom stereocenters. The average Bonchev–Trinajstić information content (AvgIpc) is 2.92. The summed E-state index contributed by atoms with van der Waals surface area (Å²) < 4.78 is 5.80. The van der Waals surface area contributed by atoms with Gasteiger partial charge in [-0.05, 0) is 36.8 Å². The summed E-state index contributed by atoms with van der Waals surface area (Å²) in [6.07, 6.45) is 2.48. The largest absolute Gasteiger partial charge is 0.438 e. The summed E-state index contributed by atoms with van der Waals surface area (Å²) in [6.45, 7) is 2.11. The van der Waals surface area contributed by atoms with Crippen molar-refractivity contribution in [3.63, 3.8) is 0 Å². The van der Waals surface area contributed by atoms with Gasteiger partial charge in [-0.25, -0.2) is 9.97 Å². The molecule has 0 aliphatic rings. The fourth-order valence-electron chi connectivity index (χ4n) is 1.85. The summed E-state index contributed by atoms with van der Waals surface area (Å²) in [6, 6.07) is 11.1. The summed E-state index contributed by atoms with van der Waals surface area (Å²) in [7, 11) is 0. The Labute approximate surface area is 120 Å². The van der Waals surface area contributed by atoms with Crippen LogP contribution in [0, 0.1) is 11.3 Å². The molecule has 0 atom stereocenters. The Balaban J connectivity index is 1.97. The van der Waals surface area contributed by atoms with E-state index in [2.05, 4.69) is 29.0 Å². The molecule has 0 bridgehead atoms. The van der Waals surface area contributed by atoms with Gasteiger partial charge in [-0.15, -0.1) is 11.3 Å². The molecule has 0 amide bonds. The molecule has 20 heavy (non-hydrogen) atoms. The molecule has 2 heterocycles. The Kier molecular flexibility index (Phi) is 3.32. The van der Waals surface area contributed by atoms with E-state index in [0.29, 0.717) is 17.2 Å².